The van der Waals surface area contributed by atoms with Crippen LogP contribution in [0, 0.1) is 5.92 Å². The molecule has 0 saturated heterocycles. The molecule has 0 unspecified atom stereocenters. The predicted octanol–water partition coefficient (Wildman–Crippen LogP) is 4.18. The van der Waals surface area contributed by atoms with E-state index < -0.39 is 0 Å². The van der Waals surface area contributed by atoms with Crippen molar-refractivity contribution in [2.75, 3.05) is 18.5 Å². The lowest BCUT2D eigenvalue weighted by atomic mass is 10.1. The average molecular weight is 324 g/mol. The van der Waals surface area contributed by atoms with Gasteiger partial charge in [0.25, 0.3) is 0 Å². The monoisotopic (exact) mass is 323 g/mol. The first-order valence-corrected chi connectivity index (χ1v) is 8.45. The van der Waals surface area contributed by atoms with Crippen molar-refractivity contribution in [3.05, 3.63) is 45.4 Å². The number of thiazole rings is 1. The van der Waals surface area contributed by atoms with Crippen LogP contribution in [0.2, 0.25) is 5.02 Å². The fraction of sp³-hybridized carbons (Fsp3) is 0.438. The highest BCUT2D eigenvalue weighted by molar-refractivity contribution is 7.07. The molecule has 21 heavy (non-hydrogen) atoms. The van der Waals surface area contributed by atoms with E-state index in [-0.39, 0.29) is 0 Å². The standard InChI is InChI=1S/C16H22ClN3S/c1-12(2)7-18-8-13-4-5-16(15(17)6-13)20(3)9-14-10-21-11-19-14/h4-6,10-12,18H,7-9H2,1-3H3. The molecule has 114 valence electrons. The Balaban J connectivity index is 1.98. The third-order valence-electron chi connectivity index (χ3n) is 3.19. The maximum Gasteiger partial charge on any atom is 0.0795 e. The van der Waals surface area contributed by atoms with Gasteiger partial charge in [0, 0.05) is 19.0 Å². The molecular formula is C16H22ClN3S. The van der Waals surface area contributed by atoms with Crippen molar-refractivity contribution in [2.45, 2.75) is 26.9 Å². The molecule has 0 bridgehead atoms. The maximum atomic E-state index is 6.42. The summed E-state index contributed by atoms with van der Waals surface area (Å²) in [6.07, 6.45) is 0. The van der Waals surface area contributed by atoms with Crippen molar-refractivity contribution in [1.29, 1.82) is 0 Å². The van der Waals surface area contributed by atoms with E-state index in [2.05, 4.69) is 46.6 Å². The van der Waals surface area contributed by atoms with E-state index in [0.717, 1.165) is 36.0 Å². The highest BCUT2D eigenvalue weighted by Crippen LogP contribution is 2.27. The fourth-order valence-corrected chi connectivity index (χ4v) is 3.02. The first-order valence-electron chi connectivity index (χ1n) is 7.13. The highest BCUT2D eigenvalue weighted by atomic mass is 35.5. The molecule has 0 saturated carbocycles. The van der Waals surface area contributed by atoms with Crippen LogP contribution in [0.1, 0.15) is 25.1 Å². The summed E-state index contributed by atoms with van der Waals surface area (Å²) in [4.78, 5) is 6.44. The number of hydrogen-bond donors (Lipinski definition) is 1. The zero-order valence-electron chi connectivity index (χ0n) is 12.8. The summed E-state index contributed by atoms with van der Waals surface area (Å²) in [5, 5.41) is 6.29. The minimum Gasteiger partial charge on any atom is -0.367 e. The SMILES string of the molecule is CC(C)CNCc1ccc(N(C)Cc2cscn2)c(Cl)c1. The zero-order chi connectivity index (χ0) is 15.2. The number of halogens is 1. The predicted molar refractivity (Wildman–Crippen MR) is 92.2 cm³/mol. The Hall–Kier alpha value is -1.10. The number of benzene rings is 1. The molecule has 1 heterocycles. The van der Waals surface area contributed by atoms with E-state index in [9.17, 15) is 0 Å². The van der Waals surface area contributed by atoms with Crippen LogP contribution in [-0.2, 0) is 13.1 Å². The molecule has 0 atom stereocenters. The highest BCUT2D eigenvalue weighted by Gasteiger charge is 2.08. The van der Waals surface area contributed by atoms with Gasteiger partial charge in [0.15, 0.2) is 0 Å². The number of hydrogen-bond acceptors (Lipinski definition) is 4. The van der Waals surface area contributed by atoms with Gasteiger partial charge < -0.3 is 10.2 Å². The van der Waals surface area contributed by atoms with Gasteiger partial charge >= 0.3 is 0 Å². The van der Waals surface area contributed by atoms with Gasteiger partial charge in [-0.3, -0.25) is 0 Å². The molecule has 0 radical (unpaired) electrons. The minimum absolute atomic E-state index is 0.656. The summed E-state index contributed by atoms with van der Waals surface area (Å²) in [5.74, 6) is 0.656. The van der Waals surface area contributed by atoms with Crippen LogP contribution < -0.4 is 10.2 Å². The summed E-state index contributed by atoms with van der Waals surface area (Å²) in [6.45, 7) is 7.05. The van der Waals surface area contributed by atoms with Crippen molar-refractivity contribution in [3.8, 4) is 0 Å². The molecule has 0 fully saturated rings. The van der Waals surface area contributed by atoms with Crippen LogP contribution in [0.3, 0.4) is 0 Å². The van der Waals surface area contributed by atoms with Crippen LogP contribution in [0.5, 0.6) is 0 Å². The van der Waals surface area contributed by atoms with Crippen LogP contribution in [0.4, 0.5) is 5.69 Å². The van der Waals surface area contributed by atoms with E-state index in [4.69, 9.17) is 11.6 Å². The molecular weight excluding hydrogens is 302 g/mol. The summed E-state index contributed by atoms with van der Waals surface area (Å²) in [5.41, 5.74) is 5.18. The number of aromatic nitrogens is 1. The van der Waals surface area contributed by atoms with Crippen molar-refractivity contribution in [3.63, 3.8) is 0 Å². The molecule has 2 rings (SSSR count). The Morgan fingerprint density at radius 1 is 1.38 bits per heavy atom. The third kappa shape index (κ3) is 4.99. The second-order valence-corrected chi connectivity index (χ2v) is 6.77. The van der Waals surface area contributed by atoms with Gasteiger partial charge in [-0.25, -0.2) is 4.98 Å². The summed E-state index contributed by atoms with van der Waals surface area (Å²) >= 11 is 8.03. The lowest BCUT2D eigenvalue weighted by Gasteiger charge is -2.20. The molecule has 0 aliphatic heterocycles. The quantitative estimate of drug-likeness (QED) is 0.828. The molecule has 2 aromatic rings. The second-order valence-electron chi connectivity index (χ2n) is 5.65. The molecule has 0 aliphatic carbocycles. The Labute approximate surface area is 136 Å². The Morgan fingerprint density at radius 2 is 2.19 bits per heavy atom. The molecule has 1 aromatic heterocycles. The van der Waals surface area contributed by atoms with Crippen LogP contribution in [0.15, 0.2) is 29.1 Å². The average Bonchev–Trinajstić information content (AvgIpc) is 2.91. The van der Waals surface area contributed by atoms with E-state index >= 15 is 0 Å². The molecule has 1 N–H and O–H groups in total. The summed E-state index contributed by atoms with van der Waals surface area (Å²) in [6, 6.07) is 6.26. The minimum atomic E-state index is 0.656. The first-order chi connectivity index (χ1) is 10.1. The van der Waals surface area contributed by atoms with Gasteiger partial charge in [-0.05, 0) is 30.2 Å². The maximum absolute atomic E-state index is 6.42. The number of anilines is 1. The van der Waals surface area contributed by atoms with E-state index in [1.54, 1.807) is 11.3 Å². The second kappa shape index (κ2) is 7.78. The number of rotatable bonds is 7. The normalized spacial score (nSPS) is 11.1. The van der Waals surface area contributed by atoms with Crippen LogP contribution in [-0.4, -0.2) is 18.6 Å². The van der Waals surface area contributed by atoms with Gasteiger partial charge in [-0.1, -0.05) is 31.5 Å². The molecule has 5 heteroatoms. The van der Waals surface area contributed by atoms with Crippen molar-refractivity contribution < 1.29 is 0 Å². The van der Waals surface area contributed by atoms with Crippen LogP contribution in [0.25, 0.3) is 0 Å². The molecule has 0 aliphatic rings. The third-order valence-corrected chi connectivity index (χ3v) is 4.13. The van der Waals surface area contributed by atoms with Gasteiger partial charge in [-0.15, -0.1) is 11.3 Å². The van der Waals surface area contributed by atoms with Crippen molar-refractivity contribution in [1.82, 2.24) is 10.3 Å². The lowest BCUT2D eigenvalue weighted by Crippen LogP contribution is -2.19. The lowest BCUT2D eigenvalue weighted by molar-refractivity contribution is 0.552. The zero-order valence-corrected chi connectivity index (χ0v) is 14.3. The number of nitrogens with zero attached hydrogens (tertiary/aromatic N) is 2. The number of nitrogens with one attached hydrogen (secondary N) is 1. The molecule has 3 nitrogen and oxygen atoms in total. The van der Waals surface area contributed by atoms with Crippen LogP contribution >= 0.6 is 22.9 Å². The first kappa shape index (κ1) is 16.3. The van der Waals surface area contributed by atoms with E-state index in [1.807, 2.05) is 18.6 Å². The molecule has 0 spiro atoms. The van der Waals surface area contributed by atoms with Gasteiger partial charge in [0.2, 0.25) is 0 Å². The smallest absolute Gasteiger partial charge is 0.0795 e. The van der Waals surface area contributed by atoms with Gasteiger partial charge in [-0.2, -0.15) is 0 Å². The van der Waals surface area contributed by atoms with E-state index in [1.165, 1.54) is 5.56 Å². The fourth-order valence-electron chi connectivity index (χ4n) is 2.12. The largest absolute Gasteiger partial charge is 0.367 e. The van der Waals surface area contributed by atoms with Crippen molar-refractivity contribution >= 4 is 28.6 Å². The topological polar surface area (TPSA) is 28.2 Å². The van der Waals surface area contributed by atoms with Crippen molar-refractivity contribution in [2.24, 2.45) is 5.92 Å². The van der Waals surface area contributed by atoms with Gasteiger partial charge in [0.05, 0.1) is 28.5 Å². The van der Waals surface area contributed by atoms with E-state index in [0.29, 0.717) is 5.92 Å². The summed E-state index contributed by atoms with van der Waals surface area (Å²) in [7, 11) is 2.04. The Kier molecular flexibility index (Phi) is 6.03. The Morgan fingerprint density at radius 3 is 2.81 bits per heavy atom. The van der Waals surface area contributed by atoms with Gasteiger partial charge in [0.1, 0.15) is 0 Å². The molecule has 1 aromatic carbocycles. The Bertz CT molecular complexity index is 555. The molecule has 0 amide bonds. The summed E-state index contributed by atoms with van der Waals surface area (Å²) < 4.78 is 0.